The third kappa shape index (κ3) is 4.51. The van der Waals surface area contributed by atoms with Gasteiger partial charge in [-0.1, -0.05) is 128 Å². The Labute approximate surface area is 306 Å². The maximum absolute atomic E-state index is 11.1. The van der Waals surface area contributed by atoms with Gasteiger partial charge < -0.3 is 14.5 Å². The van der Waals surface area contributed by atoms with E-state index < -0.39 is 0 Å². The van der Waals surface area contributed by atoms with Crippen molar-refractivity contribution < 1.29 is 0 Å². The molecule has 1 N–H and O–H groups in total. The van der Waals surface area contributed by atoms with Crippen LogP contribution in [0.1, 0.15) is 22.4 Å². The first-order valence-electron chi connectivity index (χ1n) is 17.8. The lowest BCUT2D eigenvalue weighted by Crippen LogP contribution is -2.09. The summed E-state index contributed by atoms with van der Waals surface area (Å²) in [6.45, 7) is 4.30. The molecule has 10 rings (SSSR count). The predicted octanol–water partition coefficient (Wildman–Crippen LogP) is 12.3. The predicted molar refractivity (Wildman–Crippen MR) is 223 cm³/mol. The fraction of sp³-hybridized carbons (Fsp3) is 0.0204. The zero-order valence-corrected chi connectivity index (χ0v) is 28.8. The van der Waals surface area contributed by atoms with Crippen molar-refractivity contribution in [1.82, 2.24) is 9.13 Å². The van der Waals surface area contributed by atoms with Crippen LogP contribution in [0.25, 0.3) is 82.5 Å². The standard InChI is InChI=1S/C49H32N4/c1-31-11-3-2-4-18-39-41(24-19-31)53(42-25-20-32-12-5-8-15-36(32)46(39)42)49-40(30-51)35(29-50)23-28-45(49)52-43-26-21-33-13-6-9-16-37(33)47(43)48-38-17-10-7-14-34(38)22-27-44(48)52/h2-17,19-29,50H,1,18H2/b4-2-,11-3-,24-19-,50-29?. The number of nitrogens with one attached hydrogen (secondary N) is 1. The minimum absolute atomic E-state index is 0.446. The quantitative estimate of drug-likeness (QED) is 0.186. The summed E-state index contributed by atoms with van der Waals surface area (Å²) < 4.78 is 4.60. The number of nitriles is 1. The molecule has 0 aliphatic heterocycles. The van der Waals surface area contributed by atoms with E-state index in [1.165, 1.54) is 44.1 Å². The molecule has 0 saturated heterocycles. The van der Waals surface area contributed by atoms with Crippen molar-refractivity contribution in [2.24, 2.45) is 0 Å². The Morgan fingerprint density at radius 2 is 1.17 bits per heavy atom. The summed E-state index contributed by atoms with van der Waals surface area (Å²) in [6.07, 6.45) is 14.5. The first-order valence-corrected chi connectivity index (χ1v) is 17.8. The SMILES string of the molecule is C=C1/C=C\C=C/Cc2c(n(-c3c(-n4c5ccc6ccccc6c5c5c6ccccc6ccc54)ccc(C=N)c3C#N)c3ccc4ccccc4c23)/C=C\1. The minimum atomic E-state index is 0.446. The smallest absolute Gasteiger partial charge is 0.102 e. The molecule has 0 atom stereocenters. The summed E-state index contributed by atoms with van der Waals surface area (Å²) in [7, 11) is 0. The largest absolute Gasteiger partial charge is 0.308 e. The van der Waals surface area contributed by atoms with E-state index >= 15 is 0 Å². The van der Waals surface area contributed by atoms with Crippen molar-refractivity contribution in [2.45, 2.75) is 6.42 Å². The lowest BCUT2D eigenvalue weighted by molar-refractivity contribution is 1.04. The molecule has 0 bridgehead atoms. The molecule has 9 aromatic rings. The van der Waals surface area contributed by atoms with Gasteiger partial charge in [-0.15, -0.1) is 0 Å². The van der Waals surface area contributed by atoms with Gasteiger partial charge >= 0.3 is 0 Å². The molecule has 248 valence electrons. The monoisotopic (exact) mass is 676 g/mol. The Morgan fingerprint density at radius 3 is 1.75 bits per heavy atom. The van der Waals surface area contributed by atoms with Crippen LogP contribution in [-0.4, -0.2) is 15.3 Å². The number of allylic oxidation sites excluding steroid dienone is 6. The second kappa shape index (κ2) is 11.9. The first kappa shape index (κ1) is 30.6. The molecule has 0 unspecified atom stereocenters. The molecular weight excluding hydrogens is 645 g/mol. The maximum atomic E-state index is 11.1. The fourth-order valence-corrected chi connectivity index (χ4v) is 8.51. The second-order valence-corrected chi connectivity index (χ2v) is 13.6. The van der Waals surface area contributed by atoms with Crippen molar-refractivity contribution in [1.29, 1.82) is 10.7 Å². The van der Waals surface area contributed by atoms with Gasteiger partial charge in [0.25, 0.3) is 0 Å². The van der Waals surface area contributed by atoms with Crippen molar-refractivity contribution in [3.05, 3.63) is 186 Å². The number of fused-ring (bicyclic) bond motifs is 12. The van der Waals surface area contributed by atoms with E-state index in [0.717, 1.165) is 55.4 Å². The summed E-state index contributed by atoms with van der Waals surface area (Å²) in [4.78, 5) is 0. The Kier molecular flexibility index (Phi) is 6.89. The number of hydrogen-bond donors (Lipinski definition) is 1. The summed E-state index contributed by atoms with van der Waals surface area (Å²) in [5.41, 5.74) is 8.75. The molecule has 0 saturated carbocycles. The van der Waals surface area contributed by atoms with E-state index in [9.17, 15) is 5.26 Å². The van der Waals surface area contributed by atoms with Crippen LogP contribution in [0.15, 0.2) is 164 Å². The van der Waals surface area contributed by atoms with Crippen molar-refractivity contribution >= 4 is 77.3 Å². The van der Waals surface area contributed by atoms with Crippen LogP contribution in [0.4, 0.5) is 0 Å². The van der Waals surface area contributed by atoms with Crippen LogP contribution < -0.4 is 0 Å². The lowest BCUT2D eigenvalue weighted by Gasteiger charge is -2.20. The highest BCUT2D eigenvalue weighted by Gasteiger charge is 2.26. The molecule has 2 heterocycles. The number of hydrogen-bond acceptors (Lipinski definition) is 2. The van der Waals surface area contributed by atoms with E-state index in [-0.39, 0.29) is 0 Å². The van der Waals surface area contributed by atoms with Gasteiger partial charge in [0, 0.05) is 27.9 Å². The topological polar surface area (TPSA) is 57.5 Å². The highest BCUT2D eigenvalue weighted by molar-refractivity contribution is 6.28. The average molecular weight is 677 g/mol. The molecule has 1 aliphatic carbocycles. The minimum Gasteiger partial charge on any atom is -0.308 e. The van der Waals surface area contributed by atoms with Crippen molar-refractivity contribution in [3.63, 3.8) is 0 Å². The molecule has 0 fully saturated rings. The molecule has 4 nitrogen and oxygen atoms in total. The van der Waals surface area contributed by atoms with Crippen LogP contribution in [-0.2, 0) is 6.42 Å². The van der Waals surface area contributed by atoms with E-state index in [0.29, 0.717) is 17.5 Å². The summed E-state index contributed by atoms with van der Waals surface area (Å²) in [5.74, 6) is 0. The Balaban J connectivity index is 1.44. The van der Waals surface area contributed by atoms with Crippen molar-refractivity contribution in [3.8, 4) is 17.4 Å². The zero-order valence-electron chi connectivity index (χ0n) is 28.8. The van der Waals surface area contributed by atoms with Gasteiger partial charge in [0.2, 0.25) is 0 Å². The fourth-order valence-electron chi connectivity index (χ4n) is 8.51. The number of rotatable bonds is 3. The molecular formula is C49H32N4. The summed E-state index contributed by atoms with van der Waals surface area (Å²) >= 11 is 0. The summed E-state index contributed by atoms with van der Waals surface area (Å²) in [6, 6.07) is 45.4. The van der Waals surface area contributed by atoms with Crippen LogP contribution in [0.5, 0.6) is 0 Å². The van der Waals surface area contributed by atoms with Gasteiger partial charge in [0.1, 0.15) is 6.07 Å². The van der Waals surface area contributed by atoms with Gasteiger partial charge in [0.05, 0.1) is 39.2 Å². The highest BCUT2D eigenvalue weighted by atomic mass is 15.1. The molecule has 2 aromatic heterocycles. The first-order chi connectivity index (χ1) is 26.2. The van der Waals surface area contributed by atoms with Crippen LogP contribution >= 0.6 is 0 Å². The normalized spacial score (nSPS) is 14.9. The van der Waals surface area contributed by atoms with Crippen LogP contribution in [0.2, 0.25) is 0 Å². The average Bonchev–Trinajstić information content (AvgIpc) is 3.72. The Bertz CT molecular complexity index is 3100. The number of nitrogens with zero attached hydrogens (tertiary/aromatic N) is 3. The van der Waals surface area contributed by atoms with Gasteiger partial charge in [0.15, 0.2) is 0 Å². The summed E-state index contributed by atoms with van der Waals surface area (Å²) in [5, 5.41) is 30.1. The molecule has 0 radical (unpaired) electrons. The Hall–Kier alpha value is -7.22. The third-order valence-electron chi connectivity index (χ3n) is 10.8. The zero-order chi connectivity index (χ0) is 35.6. The van der Waals surface area contributed by atoms with Gasteiger partial charge in [-0.25, -0.2) is 0 Å². The van der Waals surface area contributed by atoms with Gasteiger partial charge in [-0.3, -0.25) is 0 Å². The number of benzene rings is 7. The molecule has 4 heteroatoms. The van der Waals surface area contributed by atoms with Gasteiger partial charge in [-0.2, -0.15) is 5.26 Å². The molecule has 7 aromatic carbocycles. The van der Waals surface area contributed by atoms with Crippen LogP contribution in [0.3, 0.4) is 0 Å². The molecule has 0 amide bonds. The Morgan fingerprint density at radius 1 is 0.604 bits per heavy atom. The van der Waals surface area contributed by atoms with E-state index in [1.54, 1.807) is 0 Å². The molecule has 0 spiro atoms. The van der Waals surface area contributed by atoms with Crippen molar-refractivity contribution in [2.75, 3.05) is 0 Å². The second-order valence-electron chi connectivity index (χ2n) is 13.6. The molecule has 1 aliphatic rings. The van der Waals surface area contributed by atoms with E-state index in [1.807, 2.05) is 18.2 Å². The van der Waals surface area contributed by atoms with E-state index in [2.05, 4.69) is 161 Å². The highest BCUT2D eigenvalue weighted by Crippen LogP contribution is 2.44. The molecule has 53 heavy (non-hydrogen) atoms. The number of aromatic nitrogens is 2. The lowest BCUT2D eigenvalue weighted by atomic mass is 10.00. The third-order valence-corrected chi connectivity index (χ3v) is 10.8. The van der Waals surface area contributed by atoms with Gasteiger partial charge in [-0.05, 0) is 86.3 Å². The van der Waals surface area contributed by atoms with Crippen LogP contribution in [0, 0.1) is 16.7 Å². The maximum Gasteiger partial charge on any atom is 0.102 e. The van der Waals surface area contributed by atoms with E-state index in [4.69, 9.17) is 5.41 Å².